The summed E-state index contributed by atoms with van der Waals surface area (Å²) in [7, 11) is 0. The van der Waals surface area contributed by atoms with Gasteiger partial charge in [-0.3, -0.25) is 0 Å². The number of anilines is 1. The van der Waals surface area contributed by atoms with E-state index in [0.29, 0.717) is 17.6 Å². The summed E-state index contributed by atoms with van der Waals surface area (Å²) < 4.78 is 1.39. The van der Waals surface area contributed by atoms with E-state index in [4.69, 9.17) is 5.73 Å². The van der Waals surface area contributed by atoms with Gasteiger partial charge in [-0.2, -0.15) is 0 Å². The van der Waals surface area contributed by atoms with Crippen LogP contribution in [0.15, 0.2) is 48.5 Å². The third-order valence-corrected chi connectivity index (χ3v) is 3.35. The van der Waals surface area contributed by atoms with Crippen LogP contribution in [-0.4, -0.2) is 15.6 Å². The number of fused-ring (bicyclic) bond motifs is 1. The first kappa shape index (κ1) is 13.2. The van der Waals surface area contributed by atoms with Gasteiger partial charge >= 0.3 is 6.03 Å². The van der Waals surface area contributed by atoms with E-state index in [1.165, 1.54) is 10.1 Å². The van der Waals surface area contributed by atoms with Crippen molar-refractivity contribution < 1.29 is 4.79 Å². The molecule has 106 valence electrons. The predicted molar refractivity (Wildman–Crippen MR) is 83.0 cm³/mol. The maximum atomic E-state index is 12.3. The number of nitrogens with two attached hydrogens (primary N) is 1. The molecule has 5 nitrogen and oxygen atoms in total. The second-order valence-corrected chi connectivity index (χ2v) is 4.94. The van der Waals surface area contributed by atoms with Crippen LogP contribution in [0.1, 0.15) is 11.1 Å². The Morgan fingerprint density at radius 1 is 1.19 bits per heavy atom. The molecule has 3 N–H and O–H groups in total. The van der Waals surface area contributed by atoms with Gasteiger partial charge in [-0.05, 0) is 24.6 Å². The van der Waals surface area contributed by atoms with Gasteiger partial charge in [-0.25, -0.2) is 14.3 Å². The van der Waals surface area contributed by atoms with Crippen molar-refractivity contribution in [3.05, 3.63) is 59.7 Å². The Balaban J connectivity index is 1.81. The Hall–Kier alpha value is -2.82. The van der Waals surface area contributed by atoms with Crippen LogP contribution < -0.4 is 11.1 Å². The van der Waals surface area contributed by atoms with Crippen molar-refractivity contribution in [2.45, 2.75) is 13.5 Å². The fourth-order valence-electron chi connectivity index (χ4n) is 2.22. The average Bonchev–Trinajstić information content (AvgIpc) is 2.82. The van der Waals surface area contributed by atoms with Crippen LogP contribution >= 0.6 is 0 Å². The standard InChI is InChI=1S/C16H16N4O/c1-11-6-8-12(9-7-11)10-18-16(21)20-14-5-3-2-4-13(14)19-15(20)17/h2-9H,10H2,1H3,(H2,17,19)(H,18,21). The Bertz CT molecular complexity index is 790. The quantitative estimate of drug-likeness (QED) is 0.758. The SMILES string of the molecule is Cc1ccc(CNC(=O)n2c(N)nc3ccccc32)cc1. The van der Waals surface area contributed by atoms with Crippen LogP contribution in [0.2, 0.25) is 0 Å². The first-order valence-electron chi connectivity index (χ1n) is 6.72. The predicted octanol–water partition coefficient (Wildman–Crippen LogP) is 2.68. The lowest BCUT2D eigenvalue weighted by Crippen LogP contribution is -2.28. The van der Waals surface area contributed by atoms with Crippen molar-refractivity contribution in [2.75, 3.05) is 5.73 Å². The minimum Gasteiger partial charge on any atom is -0.369 e. The maximum absolute atomic E-state index is 12.3. The number of aryl methyl sites for hydroxylation is 1. The smallest absolute Gasteiger partial charge is 0.329 e. The molecule has 0 unspecified atom stereocenters. The Kier molecular flexibility index (Phi) is 3.31. The average molecular weight is 280 g/mol. The molecule has 21 heavy (non-hydrogen) atoms. The number of amides is 1. The van der Waals surface area contributed by atoms with Gasteiger partial charge in [-0.1, -0.05) is 42.0 Å². The lowest BCUT2D eigenvalue weighted by atomic mass is 10.1. The summed E-state index contributed by atoms with van der Waals surface area (Å²) >= 11 is 0. The van der Waals surface area contributed by atoms with Crippen LogP contribution in [0, 0.1) is 6.92 Å². The zero-order chi connectivity index (χ0) is 14.8. The highest BCUT2D eigenvalue weighted by molar-refractivity contribution is 5.92. The number of carbonyl (C=O) groups excluding carboxylic acids is 1. The summed E-state index contributed by atoms with van der Waals surface area (Å²) in [5.41, 5.74) is 9.48. The van der Waals surface area contributed by atoms with Crippen molar-refractivity contribution in [3.8, 4) is 0 Å². The molecule has 1 amide bonds. The Morgan fingerprint density at radius 2 is 1.90 bits per heavy atom. The van der Waals surface area contributed by atoms with Crippen LogP contribution in [-0.2, 0) is 6.54 Å². The van der Waals surface area contributed by atoms with Gasteiger partial charge < -0.3 is 11.1 Å². The Labute approximate surface area is 122 Å². The van der Waals surface area contributed by atoms with Gasteiger partial charge in [0.05, 0.1) is 11.0 Å². The van der Waals surface area contributed by atoms with E-state index in [0.717, 1.165) is 5.56 Å². The van der Waals surface area contributed by atoms with Crippen molar-refractivity contribution in [1.82, 2.24) is 14.9 Å². The zero-order valence-corrected chi connectivity index (χ0v) is 11.7. The molecule has 0 saturated heterocycles. The summed E-state index contributed by atoms with van der Waals surface area (Å²) in [5, 5.41) is 2.86. The molecule has 0 aliphatic carbocycles. The molecule has 0 radical (unpaired) electrons. The van der Waals surface area contributed by atoms with E-state index in [-0.39, 0.29) is 12.0 Å². The van der Waals surface area contributed by atoms with Crippen molar-refractivity contribution >= 4 is 23.0 Å². The number of aromatic nitrogens is 2. The number of hydrogen-bond acceptors (Lipinski definition) is 3. The number of benzene rings is 2. The molecular weight excluding hydrogens is 264 g/mol. The second-order valence-electron chi connectivity index (χ2n) is 4.94. The van der Waals surface area contributed by atoms with Crippen LogP contribution in [0.4, 0.5) is 10.7 Å². The number of nitrogens with one attached hydrogen (secondary N) is 1. The molecule has 0 aliphatic rings. The van der Waals surface area contributed by atoms with Gasteiger partial charge in [0.2, 0.25) is 5.95 Å². The van der Waals surface area contributed by atoms with Crippen LogP contribution in [0.3, 0.4) is 0 Å². The molecule has 0 aliphatic heterocycles. The number of carbonyl (C=O) groups is 1. The molecule has 3 rings (SSSR count). The van der Waals surface area contributed by atoms with E-state index >= 15 is 0 Å². The zero-order valence-electron chi connectivity index (χ0n) is 11.7. The van der Waals surface area contributed by atoms with Crippen molar-refractivity contribution in [3.63, 3.8) is 0 Å². The molecule has 5 heteroatoms. The van der Waals surface area contributed by atoms with Gasteiger partial charge in [0, 0.05) is 6.54 Å². The molecule has 0 saturated carbocycles. The molecule has 3 aromatic rings. The molecule has 0 fully saturated rings. The van der Waals surface area contributed by atoms with Gasteiger partial charge in [0.1, 0.15) is 0 Å². The van der Waals surface area contributed by atoms with E-state index in [9.17, 15) is 4.79 Å². The van der Waals surface area contributed by atoms with Gasteiger partial charge in [0.25, 0.3) is 0 Å². The first-order valence-corrected chi connectivity index (χ1v) is 6.72. The lowest BCUT2D eigenvalue weighted by molar-refractivity contribution is 0.243. The molecule has 0 atom stereocenters. The number of hydrogen-bond donors (Lipinski definition) is 2. The summed E-state index contributed by atoms with van der Waals surface area (Å²) in [6, 6.07) is 15.1. The van der Waals surface area contributed by atoms with Crippen LogP contribution in [0.25, 0.3) is 11.0 Å². The molecular formula is C16H16N4O. The van der Waals surface area contributed by atoms with E-state index in [1.807, 2.05) is 55.5 Å². The molecule has 1 heterocycles. The molecule has 1 aromatic heterocycles. The number of para-hydroxylation sites is 2. The minimum atomic E-state index is -0.276. The van der Waals surface area contributed by atoms with Crippen molar-refractivity contribution in [2.24, 2.45) is 0 Å². The monoisotopic (exact) mass is 280 g/mol. The van der Waals surface area contributed by atoms with E-state index in [2.05, 4.69) is 10.3 Å². The van der Waals surface area contributed by atoms with E-state index in [1.54, 1.807) is 0 Å². The maximum Gasteiger partial charge on any atom is 0.329 e. The summed E-state index contributed by atoms with van der Waals surface area (Å²) in [6.45, 7) is 2.48. The van der Waals surface area contributed by atoms with Gasteiger partial charge in [-0.15, -0.1) is 0 Å². The first-order chi connectivity index (χ1) is 10.1. The minimum absolute atomic E-state index is 0.192. The fraction of sp³-hybridized carbons (Fsp3) is 0.125. The third kappa shape index (κ3) is 2.58. The third-order valence-electron chi connectivity index (χ3n) is 3.35. The largest absolute Gasteiger partial charge is 0.369 e. The topological polar surface area (TPSA) is 72.9 Å². The van der Waals surface area contributed by atoms with Gasteiger partial charge in [0.15, 0.2) is 0 Å². The highest BCUT2D eigenvalue weighted by Gasteiger charge is 2.13. The number of nitrogens with zero attached hydrogens (tertiary/aromatic N) is 2. The van der Waals surface area contributed by atoms with Crippen LogP contribution in [0.5, 0.6) is 0 Å². The summed E-state index contributed by atoms with van der Waals surface area (Å²) in [5.74, 6) is 0.192. The normalized spacial score (nSPS) is 10.7. The van der Waals surface area contributed by atoms with Crippen molar-refractivity contribution in [1.29, 1.82) is 0 Å². The number of rotatable bonds is 2. The highest BCUT2D eigenvalue weighted by Crippen LogP contribution is 2.16. The molecule has 2 aromatic carbocycles. The summed E-state index contributed by atoms with van der Waals surface area (Å²) in [6.07, 6.45) is 0. The van der Waals surface area contributed by atoms with E-state index < -0.39 is 0 Å². The fourth-order valence-corrected chi connectivity index (χ4v) is 2.22. The summed E-state index contributed by atoms with van der Waals surface area (Å²) in [4.78, 5) is 16.5. The number of imidazole rings is 1. The molecule has 0 bridgehead atoms. The lowest BCUT2D eigenvalue weighted by Gasteiger charge is -2.08. The number of nitrogen functional groups attached to an aromatic ring is 1. The Morgan fingerprint density at radius 3 is 2.67 bits per heavy atom. The highest BCUT2D eigenvalue weighted by atomic mass is 16.2. The second kappa shape index (κ2) is 5.28. The molecule has 0 spiro atoms.